The molecule has 4 aliphatic carbocycles. The predicted molar refractivity (Wildman–Crippen MR) is 205 cm³/mol. The Labute approximate surface area is 318 Å². The van der Waals surface area contributed by atoms with Crippen LogP contribution in [0.5, 0.6) is 0 Å². The Hall–Kier alpha value is -0.970. The molecular weight excluding hydrogens is 669 g/mol. The summed E-state index contributed by atoms with van der Waals surface area (Å²) in [6, 6.07) is 0. The van der Waals surface area contributed by atoms with Gasteiger partial charge in [-0.25, -0.2) is 0 Å². The normalized spacial score (nSPS) is 49.5. The maximum absolute atomic E-state index is 13.6. The molecule has 9 aliphatic rings. The number of nitrogens with zero attached hydrogens (tertiary/aromatic N) is 2. The molecule has 18 atom stereocenters. The zero-order valence-electron chi connectivity index (χ0n) is 32.9. The number of ether oxygens (including phenoxy) is 1. The Morgan fingerprint density at radius 3 is 1.15 bits per heavy atom. The molecule has 5 aliphatic heterocycles. The summed E-state index contributed by atoms with van der Waals surface area (Å²) in [6.07, 6.45) is 18.1. The number of likely N-dealkylation sites (N-methyl/N-ethyl adjacent to an activating group) is 2. The van der Waals surface area contributed by atoms with E-state index in [1.165, 1.54) is 77.0 Å². The Morgan fingerprint density at radius 2 is 0.830 bits per heavy atom. The van der Waals surface area contributed by atoms with Crippen LogP contribution in [0.25, 0.3) is 0 Å². The average Bonchev–Trinajstić information content (AvgIpc) is 3.86. The van der Waals surface area contributed by atoms with Gasteiger partial charge in [0.15, 0.2) is 0 Å². The molecule has 0 aromatic carbocycles. The summed E-state index contributed by atoms with van der Waals surface area (Å²) in [6.45, 7) is 1.54. The average molecular weight is 741 g/mol. The van der Waals surface area contributed by atoms with Crippen molar-refractivity contribution in [1.29, 1.82) is 0 Å². The van der Waals surface area contributed by atoms with Gasteiger partial charge in [-0.1, -0.05) is 38.5 Å². The highest BCUT2D eigenvalue weighted by atomic mass is 16.5. The molecule has 0 radical (unpaired) electrons. The molecule has 13 heteroatoms. The van der Waals surface area contributed by atoms with E-state index < -0.39 is 11.9 Å². The molecule has 4 saturated carbocycles. The standard InChI is InChI=1S/C40H72N10O3/c1-49(2)19-21(20-50(3)4)53-29-18-17-28-30(31(29)40(51)52)39-47-37-27-16-10-9-15-26(27)35(45-37)43-33-23-12-6-5-11-22(23)32(41-33)42-34-24-13-7-8-14-25(24)36(44-34)46-38(28)48-39/h21-39,41-48H,5-20H2,1-4H3,(H,51,52). The van der Waals surface area contributed by atoms with Gasteiger partial charge in [0.2, 0.25) is 0 Å². The molecule has 5 heterocycles. The minimum Gasteiger partial charge on any atom is -0.481 e. The van der Waals surface area contributed by atoms with Crippen molar-refractivity contribution in [2.24, 2.45) is 53.3 Å². The van der Waals surface area contributed by atoms with Crippen LogP contribution >= 0.6 is 0 Å². The molecule has 0 aromatic rings. The summed E-state index contributed by atoms with van der Waals surface area (Å²) in [5.41, 5.74) is 0. The van der Waals surface area contributed by atoms with E-state index in [1.54, 1.807) is 0 Å². The smallest absolute Gasteiger partial charge is 0.309 e. The van der Waals surface area contributed by atoms with Gasteiger partial charge in [0.1, 0.15) is 0 Å². The number of hydrogen-bond donors (Lipinski definition) is 9. The van der Waals surface area contributed by atoms with Gasteiger partial charge in [0.05, 0.1) is 67.5 Å². The zero-order chi connectivity index (χ0) is 36.4. The van der Waals surface area contributed by atoms with Crippen molar-refractivity contribution in [2.45, 2.75) is 151 Å². The lowest BCUT2D eigenvalue weighted by Crippen LogP contribution is -2.62. The number of rotatable bonds is 7. The second kappa shape index (κ2) is 15.8. The zero-order valence-corrected chi connectivity index (χ0v) is 32.9. The highest BCUT2D eigenvalue weighted by Gasteiger charge is 2.58. The number of carboxylic acid groups (broad SMARTS) is 1. The van der Waals surface area contributed by atoms with Crippen LogP contribution in [0.1, 0.15) is 89.9 Å². The summed E-state index contributed by atoms with van der Waals surface area (Å²) in [5.74, 6) is 2.34. The highest BCUT2D eigenvalue weighted by molar-refractivity contribution is 5.71. The van der Waals surface area contributed by atoms with Gasteiger partial charge < -0.3 is 19.6 Å². The summed E-state index contributed by atoms with van der Waals surface area (Å²) in [5, 5.41) is 44.4. The van der Waals surface area contributed by atoms with Crippen molar-refractivity contribution < 1.29 is 14.6 Å². The molecule has 300 valence electrons. The topological polar surface area (TPSA) is 149 Å². The van der Waals surface area contributed by atoms with E-state index in [2.05, 4.69) is 80.5 Å². The molecule has 18 unspecified atom stereocenters. The molecule has 9 N–H and O–H groups in total. The number of fused-ring (bicyclic) bond motifs is 20. The molecule has 53 heavy (non-hydrogen) atoms. The van der Waals surface area contributed by atoms with Gasteiger partial charge in [-0.3, -0.25) is 47.3 Å². The Bertz CT molecular complexity index is 1260. The lowest BCUT2D eigenvalue weighted by atomic mass is 9.69. The molecule has 5 saturated heterocycles. The fourth-order valence-electron chi connectivity index (χ4n) is 13.7. The third kappa shape index (κ3) is 7.37. The summed E-state index contributed by atoms with van der Waals surface area (Å²) in [7, 11) is 8.31. The molecule has 0 aromatic heterocycles. The van der Waals surface area contributed by atoms with Gasteiger partial charge >= 0.3 is 5.97 Å². The van der Waals surface area contributed by atoms with Crippen LogP contribution in [-0.4, -0.2) is 124 Å². The van der Waals surface area contributed by atoms with Crippen LogP contribution in [0.15, 0.2) is 0 Å². The van der Waals surface area contributed by atoms with Crippen molar-refractivity contribution >= 4 is 5.97 Å². The molecule has 9 rings (SSSR count). The molecule has 0 spiro atoms. The van der Waals surface area contributed by atoms with E-state index in [-0.39, 0.29) is 61.0 Å². The van der Waals surface area contributed by atoms with Crippen molar-refractivity contribution in [3.05, 3.63) is 0 Å². The van der Waals surface area contributed by atoms with Gasteiger partial charge in [-0.15, -0.1) is 0 Å². The van der Waals surface area contributed by atoms with Crippen molar-refractivity contribution in [1.82, 2.24) is 52.3 Å². The summed E-state index contributed by atoms with van der Waals surface area (Å²) < 4.78 is 6.90. The van der Waals surface area contributed by atoms with Gasteiger partial charge in [-0.05, 0) is 121 Å². The third-order valence-electron chi connectivity index (χ3n) is 15.8. The Morgan fingerprint density at radius 1 is 0.509 bits per heavy atom. The van der Waals surface area contributed by atoms with E-state index in [0.29, 0.717) is 47.8 Å². The maximum atomic E-state index is 13.6. The van der Waals surface area contributed by atoms with Gasteiger partial charge in [0.25, 0.3) is 0 Å². The van der Waals surface area contributed by atoms with Crippen molar-refractivity contribution in [3.63, 3.8) is 0 Å². The van der Waals surface area contributed by atoms with Gasteiger partial charge in [-0.2, -0.15) is 0 Å². The summed E-state index contributed by atoms with van der Waals surface area (Å²) >= 11 is 0. The van der Waals surface area contributed by atoms with E-state index in [0.717, 1.165) is 25.9 Å². The Kier molecular flexibility index (Phi) is 11.2. The minimum absolute atomic E-state index is 0.0283. The molecule has 13 nitrogen and oxygen atoms in total. The number of aliphatic carboxylic acids is 1. The SMILES string of the molecule is CN(C)CC(CN(C)C)OC1CCC2C3NC4NC(NC5NC(NC6NC(NC(N3)C2C1C(=O)O)C1CCCCC61)C1CCCCC51)C1CCCCC41. The quantitative estimate of drug-likeness (QED) is 0.186. The number of carbonyl (C=O) groups is 1. The first kappa shape index (κ1) is 37.6. The van der Waals surface area contributed by atoms with Crippen LogP contribution in [0, 0.1) is 53.3 Å². The summed E-state index contributed by atoms with van der Waals surface area (Å²) in [4.78, 5) is 17.9. The number of nitrogens with one attached hydrogen (secondary N) is 8. The third-order valence-corrected chi connectivity index (χ3v) is 15.8. The van der Waals surface area contributed by atoms with E-state index in [4.69, 9.17) is 4.74 Å². The van der Waals surface area contributed by atoms with Crippen LogP contribution < -0.4 is 42.5 Å². The second-order valence-corrected chi connectivity index (χ2v) is 19.5. The molecule has 0 amide bonds. The van der Waals surface area contributed by atoms with Crippen LogP contribution in [0.4, 0.5) is 0 Å². The fourth-order valence-corrected chi connectivity index (χ4v) is 13.7. The lowest BCUT2D eigenvalue weighted by molar-refractivity contribution is -0.162. The lowest BCUT2D eigenvalue weighted by Gasteiger charge is -2.43. The van der Waals surface area contributed by atoms with Crippen molar-refractivity contribution in [2.75, 3.05) is 41.3 Å². The van der Waals surface area contributed by atoms with E-state index >= 15 is 0 Å². The first-order valence-electron chi connectivity index (χ1n) is 22.0. The van der Waals surface area contributed by atoms with Crippen LogP contribution in [0.2, 0.25) is 0 Å². The van der Waals surface area contributed by atoms with Crippen LogP contribution in [-0.2, 0) is 9.53 Å². The van der Waals surface area contributed by atoms with E-state index in [1.807, 2.05) is 0 Å². The molecular formula is C40H72N10O3. The predicted octanol–water partition coefficient (Wildman–Crippen LogP) is 1.40. The first-order chi connectivity index (χ1) is 25.7. The largest absolute Gasteiger partial charge is 0.481 e. The monoisotopic (exact) mass is 741 g/mol. The first-order valence-corrected chi connectivity index (χ1v) is 22.0. The maximum Gasteiger partial charge on any atom is 0.309 e. The van der Waals surface area contributed by atoms with Gasteiger partial charge in [0, 0.05) is 19.0 Å². The second-order valence-electron chi connectivity index (χ2n) is 19.5. The fraction of sp³-hybridized carbons (Fsp3) is 0.975. The molecule has 8 bridgehead atoms. The number of hydrogen-bond acceptors (Lipinski definition) is 12. The van der Waals surface area contributed by atoms with Crippen LogP contribution in [0.3, 0.4) is 0 Å². The number of carboxylic acids is 1. The van der Waals surface area contributed by atoms with E-state index in [9.17, 15) is 9.90 Å². The minimum atomic E-state index is -0.715. The Balaban J connectivity index is 1.04. The van der Waals surface area contributed by atoms with Crippen molar-refractivity contribution in [3.8, 4) is 0 Å². The highest BCUT2D eigenvalue weighted by Crippen LogP contribution is 2.47. The molecule has 9 fully saturated rings.